The molecule has 1 aromatic rings. The Labute approximate surface area is 115 Å². The molecule has 19 heavy (non-hydrogen) atoms. The van der Waals surface area contributed by atoms with Crippen molar-refractivity contribution in [1.29, 1.82) is 5.41 Å². The van der Waals surface area contributed by atoms with Gasteiger partial charge in [0.05, 0.1) is 18.4 Å². The van der Waals surface area contributed by atoms with E-state index in [0.717, 1.165) is 5.56 Å². The number of rotatable bonds is 3. The van der Waals surface area contributed by atoms with Crippen LogP contribution in [0, 0.1) is 12.0 Å². The zero-order chi connectivity index (χ0) is 14.0. The van der Waals surface area contributed by atoms with Gasteiger partial charge in [-0.2, -0.15) is 0 Å². The zero-order valence-corrected chi connectivity index (χ0v) is 11.5. The van der Waals surface area contributed by atoms with E-state index in [-0.39, 0.29) is 22.9 Å². The number of carbonyl (C=O) groups is 1. The molecule has 2 rings (SSSR count). The Bertz CT molecular complexity index is 564. The number of methoxy groups -OCH3 is 1. The molecule has 1 unspecified atom stereocenters. The summed E-state index contributed by atoms with van der Waals surface area (Å²) >= 11 is 1.19. The molecule has 1 fully saturated rings. The van der Waals surface area contributed by atoms with Crippen molar-refractivity contribution in [3.05, 3.63) is 35.2 Å². The van der Waals surface area contributed by atoms with E-state index in [2.05, 4.69) is 4.85 Å². The van der Waals surface area contributed by atoms with Gasteiger partial charge in [-0.05, 0) is 13.0 Å². The lowest BCUT2D eigenvalue weighted by Crippen LogP contribution is -2.29. The number of amides is 1. The number of anilines is 1. The maximum absolute atomic E-state index is 11.9. The molecule has 1 aromatic carbocycles. The van der Waals surface area contributed by atoms with Crippen molar-refractivity contribution in [2.75, 3.05) is 17.8 Å². The van der Waals surface area contributed by atoms with Crippen LogP contribution in [0.5, 0.6) is 0 Å². The molecule has 0 spiro atoms. The predicted molar refractivity (Wildman–Crippen MR) is 75.8 cm³/mol. The first-order valence-corrected chi connectivity index (χ1v) is 6.65. The molecular weight excluding hydrogens is 262 g/mol. The van der Waals surface area contributed by atoms with E-state index in [1.807, 2.05) is 6.92 Å². The van der Waals surface area contributed by atoms with Crippen LogP contribution in [0.25, 0.3) is 4.85 Å². The average molecular weight is 275 g/mol. The molecule has 1 aliphatic rings. The van der Waals surface area contributed by atoms with Crippen molar-refractivity contribution in [2.45, 2.75) is 13.0 Å². The standard InChI is InChI=1S/C13H13N3O2S/c1-8(18-3)10-5-4-9(15-2)6-11(10)16-12(17)7-19-13(16)14/h4-6,8,14H,7H2,1,3H3. The molecule has 0 saturated carbocycles. The normalized spacial score (nSPS) is 16.6. The third kappa shape index (κ3) is 2.48. The van der Waals surface area contributed by atoms with Gasteiger partial charge in [0, 0.05) is 18.4 Å². The Morgan fingerprint density at radius 2 is 2.32 bits per heavy atom. The smallest absolute Gasteiger partial charge is 0.243 e. The lowest BCUT2D eigenvalue weighted by atomic mass is 10.1. The molecule has 1 N–H and O–H groups in total. The van der Waals surface area contributed by atoms with Gasteiger partial charge in [0.2, 0.25) is 5.91 Å². The van der Waals surface area contributed by atoms with E-state index in [0.29, 0.717) is 11.4 Å². The first kappa shape index (κ1) is 13.6. The molecule has 1 aliphatic heterocycles. The molecule has 1 heterocycles. The summed E-state index contributed by atoms with van der Waals surface area (Å²) in [5.41, 5.74) is 1.82. The van der Waals surface area contributed by atoms with Gasteiger partial charge >= 0.3 is 0 Å². The fraction of sp³-hybridized carbons (Fsp3) is 0.308. The number of thioether (sulfide) groups is 1. The number of carbonyl (C=O) groups excluding carboxylic acids is 1. The van der Waals surface area contributed by atoms with Crippen molar-refractivity contribution in [1.82, 2.24) is 0 Å². The van der Waals surface area contributed by atoms with Crippen molar-refractivity contribution in [3.63, 3.8) is 0 Å². The number of nitrogens with one attached hydrogen (secondary N) is 1. The third-order valence-corrected chi connectivity index (χ3v) is 3.81. The monoisotopic (exact) mass is 275 g/mol. The minimum atomic E-state index is -0.207. The number of nitrogens with zero attached hydrogens (tertiary/aromatic N) is 2. The van der Waals surface area contributed by atoms with Gasteiger partial charge in [-0.15, -0.1) is 0 Å². The summed E-state index contributed by atoms with van der Waals surface area (Å²) in [6, 6.07) is 5.11. The minimum absolute atomic E-state index is 0.137. The topological polar surface area (TPSA) is 57.8 Å². The molecule has 6 heteroatoms. The van der Waals surface area contributed by atoms with Crippen LogP contribution in [0.1, 0.15) is 18.6 Å². The molecule has 0 aliphatic carbocycles. The first-order valence-electron chi connectivity index (χ1n) is 5.67. The van der Waals surface area contributed by atoms with Crippen molar-refractivity contribution in [2.24, 2.45) is 0 Å². The Morgan fingerprint density at radius 3 is 2.84 bits per heavy atom. The van der Waals surface area contributed by atoms with Crippen molar-refractivity contribution >= 4 is 34.2 Å². The van der Waals surface area contributed by atoms with E-state index in [1.165, 1.54) is 16.7 Å². The van der Waals surface area contributed by atoms with Gasteiger partial charge < -0.3 is 4.74 Å². The Kier molecular flexibility index (Phi) is 3.88. The summed E-state index contributed by atoms with van der Waals surface area (Å²) in [7, 11) is 1.59. The number of hydrogen-bond acceptors (Lipinski definition) is 4. The van der Waals surface area contributed by atoms with Gasteiger partial charge in [0.1, 0.15) is 0 Å². The van der Waals surface area contributed by atoms with Crippen LogP contribution in [0.3, 0.4) is 0 Å². The SMILES string of the molecule is [C-]#[N+]c1ccc(C(C)OC)c(N2C(=N)SCC2=O)c1. The number of amidine groups is 1. The number of hydrogen-bond donors (Lipinski definition) is 1. The van der Waals surface area contributed by atoms with Crippen LogP contribution in [0.15, 0.2) is 18.2 Å². The van der Waals surface area contributed by atoms with Crippen LogP contribution in [-0.2, 0) is 9.53 Å². The van der Waals surface area contributed by atoms with Crippen molar-refractivity contribution in [3.8, 4) is 0 Å². The molecule has 0 bridgehead atoms. The molecule has 98 valence electrons. The highest BCUT2D eigenvalue weighted by Gasteiger charge is 2.31. The lowest BCUT2D eigenvalue weighted by molar-refractivity contribution is -0.115. The minimum Gasteiger partial charge on any atom is -0.377 e. The molecule has 1 saturated heterocycles. The fourth-order valence-corrected chi connectivity index (χ4v) is 2.60. The summed E-state index contributed by atoms with van der Waals surface area (Å²) < 4.78 is 5.29. The summed E-state index contributed by atoms with van der Waals surface area (Å²) in [4.78, 5) is 16.6. The Balaban J connectivity index is 2.55. The highest BCUT2D eigenvalue weighted by Crippen LogP contribution is 2.35. The van der Waals surface area contributed by atoms with Crippen LogP contribution in [-0.4, -0.2) is 23.9 Å². The largest absolute Gasteiger partial charge is 0.377 e. The molecule has 1 atom stereocenters. The first-order chi connectivity index (χ1) is 9.08. The van der Waals surface area contributed by atoms with Gasteiger partial charge in [-0.1, -0.05) is 23.9 Å². The second kappa shape index (κ2) is 5.43. The molecule has 0 aromatic heterocycles. The van der Waals surface area contributed by atoms with E-state index in [9.17, 15) is 4.79 Å². The van der Waals surface area contributed by atoms with E-state index in [1.54, 1.807) is 25.3 Å². The summed E-state index contributed by atoms with van der Waals surface area (Å²) in [6.07, 6.45) is -0.207. The zero-order valence-electron chi connectivity index (χ0n) is 10.6. The highest BCUT2D eigenvalue weighted by molar-refractivity contribution is 8.15. The second-order valence-corrected chi connectivity index (χ2v) is 5.02. The molecule has 0 radical (unpaired) electrons. The van der Waals surface area contributed by atoms with Crippen LogP contribution in [0.2, 0.25) is 0 Å². The highest BCUT2D eigenvalue weighted by atomic mass is 32.2. The Hall–Kier alpha value is -1.84. The number of ether oxygens (including phenoxy) is 1. The van der Waals surface area contributed by atoms with Crippen LogP contribution < -0.4 is 4.90 Å². The lowest BCUT2D eigenvalue weighted by Gasteiger charge is -2.22. The number of benzene rings is 1. The summed E-state index contributed by atoms with van der Waals surface area (Å²) in [5, 5.41) is 8.04. The van der Waals surface area contributed by atoms with Gasteiger partial charge in [0.15, 0.2) is 10.9 Å². The predicted octanol–water partition coefficient (Wildman–Crippen LogP) is 2.96. The molecule has 5 nitrogen and oxygen atoms in total. The van der Waals surface area contributed by atoms with E-state index >= 15 is 0 Å². The molecular formula is C13H13N3O2S. The second-order valence-electron chi connectivity index (χ2n) is 4.06. The summed E-state index contributed by atoms with van der Waals surface area (Å²) in [5.74, 6) is 0.128. The Morgan fingerprint density at radius 1 is 1.58 bits per heavy atom. The third-order valence-electron chi connectivity index (χ3n) is 2.96. The van der Waals surface area contributed by atoms with Gasteiger partial charge in [-0.3, -0.25) is 15.1 Å². The van der Waals surface area contributed by atoms with Gasteiger partial charge in [0.25, 0.3) is 0 Å². The maximum Gasteiger partial charge on any atom is 0.243 e. The summed E-state index contributed by atoms with van der Waals surface area (Å²) in [6.45, 7) is 8.93. The quantitative estimate of drug-likeness (QED) is 0.863. The van der Waals surface area contributed by atoms with Crippen LogP contribution >= 0.6 is 11.8 Å². The molecule has 1 amide bonds. The average Bonchev–Trinajstić information content (AvgIpc) is 2.76. The van der Waals surface area contributed by atoms with Crippen molar-refractivity contribution < 1.29 is 9.53 Å². The van der Waals surface area contributed by atoms with E-state index < -0.39 is 0 Å². The van der Waals surface area contributed by atoms with Gasteiger partial charge in [-0.25, -0.2) is 4.85 Å². The van der Waals surface area contributed by atoms with E-state index in [4.69, 9.17) is 16.7 Å². The van der Waals surface area contributed by atoms with Crippen LogP contribution in [0.4, 0.5) is 11.4 Å². The maximum atomic E-state index is 11.9. The fourth-order valence-electron chi connectivity index (χ4n) is 1.88.